The van der Waals surface area contributed by atoms with E-state index in [-0.39, 0.29) is 5.91 Å². The lowest BCUT2D eigenvalue weighted by Gasteiger charge is -2.19. The summed E-state index contributed by atoms with van der Waals surface area (Å²) in [4.78, 5) is 12.5. The van der Waals surface area contributed by atoms with E-state index in [1.165, 1.54) is 24.2 Å². The maximum absolute atomic E-state index is 11.7. The molecule has 1 saturated carbocycles. The topological polar surface area (TPSA) is 29.1 Å². The summed E-state index contributed by atoms with van der Waals surface area (Å²) < 4.78 is 0. The van der Waals surface area contributed by atoms with Crippen molar-refractivity contribution in [2.75, 3.05) is 6.54 Å². The van der Waals surface area contributed by atoms with E-state index >= 15 is 0 Å². The summed E-state index contributed by atoms with van der Waals surface area (Å²) >= 11 is 1.50. The van der Waals surface area contributed by atoms with Crippen molar-refractivity contribution in [3.63, 3.8) is 0 Å². The van der Waals surface area contributed by atoms with E-state index in [9.17, 15) is 4.79 Å². The minimum Gasteiger partial charge on any atom is -0.351 e. The molecule has 1 aromatic rings. The Kier molecular flexibility index (Phi) is 2.83. The summed E-state index contributed by atoms with van der Waals surface area (Å²) in [5.41, 5.74) is 0.396. The first-order valence-electron chi connectivity index (χ1n) is 5.46. The van der Waals surface area contributed by atoms with Gasteiger partial charge in [0.1, 0.15) is 0 Å². The Morgan fingerprint density at radius 1 is 1.60 bits per heavy atom. The average molecular weight is 223 g/mol. The predicted octanol–water partition coefficient (Wildman–Crippen LogP) is 2.91. The Morgan fingerprint density at radius 2 is 2.33 bits per heavy atom. The number of carbonyl (C=O) groups is 1. The van der Waals surface area contributed by atoms with Crippen LogP contribution in [0.5, 0.6) is 0 Å². The van der Waals surface area contributed by atoms with Crippen LogP contribution in [-0.4, -0.2) is 12.5 Å². The highest BCUT2D eigenvalue weighted by molar-refractivity contribution is 7.12. The number of nitrogens with one attached hydrogen (secondary N) is 1. The van der Waals surface area contributed by atoms with Crippen LogP contribution in [0.1, 0.15) is 36.4 Å². The van der Waals surface area contributed by atoms with Gasteiger partial charge in [0.05, 0.1) is 4.88 Å². The van der Waals surface area contributed by atoms with Gasteiger partial charge in [0.25, 0.3) is 5.91 Å². The molecule has 1 aromatic heterocycles. The van der Waals surface area contributed by atoms with Crippen LogP contribution in [0.2, 0.25) is 0 Å². The van der Waals surface area contributed by atoms with E-state index in [1.807, 2.05) is 17.5 Å². The second-order valence-electron chi connectivity index (χ2n) is 4.68. The van der Waals surface area contributed by atoms with Crippen LogP contribution >= 0.6 is 11.3 Å². The standard InChI is InChI=1S/C12H17NOS/c1-9(2)12(5-6-12)8-13-11(14)10-4-3-7-15-10/h3-4,7,9H,5-6,8H2,1-2H3,(H,13,14). The van der Waals surface area contributed by atoms with Crippen molar-refractivity contribution in [1.82, 2.24) is 5.32 Å². The molecule has 0 unspecified atom stereocenters. The van der Waals surface area contributed by atoms with Gasteiger partial charge in [-0.2, -0.15) is 0 Å². The molecule has 2 rings (SSSR count). The Labute approximate surface area is 94.7 Å². The first-order valence-corrected chi connectivity index (χ1v) is 6.34. The highest BCUT2D eigenvalue weighted by atomic mass is 32.1. The second-order valence-corrected chi connectivity index (χ2v) is 5.62. The zero-order valence-corrected chi connectivity index (χ0v) is 10.1. The lowest BCUT2D eigenvalue weighted by Crippen LogP contribution is -2.32. The zero-order chi connectivity index (χ0) is 10.9. The maximum Gasteiger partial charge on any atom is 0.261 e. The summed E-state index contributed by atoms with van der Waals surface area (Å²) in [5.74, 6) is 0.748. The van der Waals surface area contributed by atoms with Crippen LogP contribution in [0, 0.1) is 11.3 Å². The third kappa shape index (κ3) is 2.23. The molecule has 0 radical (unpaired) electrons. The molecule has 1 aliphatic rings. The molecular weight excluding hydrogens is 206 g/mol. The Balaban J connectivity index is 1.87. The molecule has 0 aliphatic heterocycles. The lowest BCUT2D eigenvalue weighted by molar-refractivity contribution is 0.0944. The molecule has 1 amide bonds. The molecule has 2 nitrogen and oxygen atoms in total. The summed E-state index contributed by atoms with van der Waals surface area (Å²) in [7, 11) is 0. The molecule has 0 aromatic carbocycles. The number of hydrogen-bond acceptors (Lipinski definition) is 2. The summed E-state index contributed by atoms with van der Waals surface area (Å²) in [5, 5.41) is 4.98. The summed E-state index contributed by atoms with van der Waals surface area (Å²) in [6.07, 6.45) is 2.52. The van der Waals surface area contributed by atoms with Crippen LogP contribution in [0.15, 0.2) is 17.5 Å². The van der Waals surface area contributed by atoms with E-state index in [0.717, 1.165) is 11.4 Å². The van der Waals surface area contributed by atoms with E-state index in [0.29, 0.717) is 11.3 Å². The lowest BCUT2D eigenvalue weighted by atomic mass is 9.92. The SMILES string of the molecule is CC(C)C1(CNC(=O)c2cccs2)CC1. The summed E-state index contributed by atoms with van der Waals surface area (Å²) in [6, 6.07) is 3.78. The number of amides is 1. The Hall–Kier alpha value is -0.830. The van der Waals surface area contributed by atoms with Gasteiger partial charge in [-0.3, -0.25) is 4.79 Å². The van der Waals surface area contributed by atoms with Crippen LogP contribution in [-0.2, 0) is 0 Å². The zero-order valence-electron chi connectivity index (χ0n) is 9.25. The number of thiophene rings is 1. The highest BCUT2D eigenvalue weighted by Crippen LogP contribution is 2.51. The quantitative estimate of drug-likeness (QED) is 0.835. The molecule has 15 heavy (non-hydrogen) atoms. The molecule has 1 aliphatic carbocycles. The van der Waals surface area contributed by atoms with Crippen molar-refractivity contribution < 1.29 is 4.79 Å². The monoisotopic (exact) mass is 223 g/mol. The van der Waals surface area contributed by atoms with Crippen LogP contribution in [0.3, 0.4) is 0 Å². The molecule has 3 heteroatoms. The van der Waals surface area contributed by atoms with Crippen molar-refractivity contribution in [2.45, 2.75) is 26.7 Å². The van der Waals surface area contributed by atoms with Crippen molar-refractivity contribution >= 4 is 17.2 Å². The van der Waals surface area contributed by atoms with E-state index < -0.39 is 0 Å². The van der Waals surface area contributed by atoms with Crippen LogP contribution in [0.25, 0.3) is 0 Å². The molecular formula is C12H17NOS. The fourth-order valence-corrected chi connectivity index (χ4v) is 2.51. The molecule has 1 heterocycles. The molecule has 0 bridgehead atoms. The van der Waals surface area contributed by atoms with Crippen LogP contribution < -0.4 is 5.32 Å². The third-order valence-corrected chi connectivity index (χ3v) is 4.33. The van der Waals surface area contributed by atoms with Crippen molar-refractivity contribution in [1.29, 1.82) is 0 Å². The molecule has 82 valence electrons. The fourth-order valence-electron chi connectivity index (χ4n) is 1.87. The minimum atomic E-state index is 0.0805. The van der Waals surface area contributed by atoms with Crippen molar-refractivity contribution in [2.24, 2.45) is 11.3 Å². The van der Waals surface area contributed by atoms with E-state index in [2.05, 4.69) is 19.2 Å². The van der Waals surface area contributed by atoms with Gasteiger partial charge in [0, 0.05) is 6.54 Å². The first kappa shape index (κ1) is 10.7. The first-order chi connectivity index (χ1) is 7.14. The van der Waals surface area contributed by atoms with Gasteiger partial charge in [-0.25, -0.2) is 0 Å². The Bertz CT molecular complexity index is 339. The average Bonchev–Trinajstić information content (AvgIpc) is 2.80. The van der Waals surface area contributed by atoms with E-state index in [1.54, 1.807) is 0 Å². The van der Waals surface area contributed by atoms with Gasteiger partial charge in [0.2, 0.25) is 0 Å². The normalized spacial score (nSPS) is 17.8. The molecule has 0 spiro atoms. The number of carbonyl (C=O) groups excluding carboxylic acids is 1. The molecule has 1 fully saturated rings. The second kappa shape index (κ2) is 3.97. The van der Waals surface area contributed by atoms with Gasteiger partial charge in [0.15, 0.2) is 0 Å². The molecule has 0 saturated heterocycles. The number of rotatable bonds is 4. The smallest absolute Gasteiger partial charge is 0.261 e. The minimum absolute atomic E-state index is 0.0805. The van der Waals surface area contributed by atoms with Crippen LogP contribution in [0.4, 0.5) is 0 Å². The molecule has 0 atom stereocenters. The largest absolute Gasteiger partial charge is 0.351 e. The maximum atomic E-state index is 11.7. The fraction of sp³-hybridized carbons (Fsp3) is 0.583. The van der Waals surface area contributed by atoms with Gasteiger partial charge < -0.3 is 5.32 Å². The third-order valence-electron chi connectivity index (χ3n) is 3.46. The van der Waals surface area contributed by atoms with Crippen molar-refractivity contribution in [3.05, 3.63) is 22.4 Å². The Morgan fingerprint density at radius 3 is 2.80 bits per heavy atom. The molecule has 1 N–H and O–H groups in total. The van der Waals surface area contributed by atoms with Gasteiger partial charge in [-0.05, 0) is 35.6 Å². The summed E-state index contributed by atoms with van der Waals surface area (Å²) in [6.45, 7) is 5.32. The predicted molar refractivity (Wildman–Crippen MR) is 63.2 cm³/mol. The van der Waals surface area contributed by atoms with Gasteiger partial charge in [-0.15, -0.1) is 11.3 Å². The van der Waals surface area contributed by atoms with Gasteiger partial charge in [-0.1, -0.05) is 19.9 Å². The number of hydrogen-bond donors (Lipinski definition) is 1. The van der Waals surface area contributed by atoms with E-state index in [4.69, 9.17) is 0 Å². The van der Waals surface area contributed by atoms with Gasteiger partial charge >= 0.3 is 0 Å². The van der Waals surface area contributed by atoms with Crippen molar-refractivity contribution in [3.8, 4) is 0 Å². The highest BCUT2D eigenvalue weighted by Gasteiger charge is 2.45.